The molecule has 0 aliphatic heterocycles. The number of nitrogens with one attached hydrogen (secondary N) is 2. The summed E-state index contributed by atoms with van der Waals surface area (Å²) in [6, 6.07) is 0. The van der Waals surface area contributed by atoms with E-state index in [0.717, 1.165) is 0 Å². The Bertz CT molecular complexity index is 142. The highest BCUT2D eigenvalue weighted by atomic mass is 16.4. The first-order valence-electron chi connectivity index (χ1n) is 3.48. The van der Waals surface area contributed by atoms with Crippen molar-refractivity contribution < 1.29 is 19.8 Å². The van der Waals surface area contributed by atoms with E-state index in [1.807, 2.05) is 0 Å². The second-order valence-corrected chi connectivity index (χ2v) is 2.14. The van der Waals surface area contributed by atoms with Crippen LogP contribution in [0.3, 0.4) is 0 Å². The molecule has 0 heterocycles. The number of hydrogen-bond acceptors (Lipinski definition) is 4. The fraction of sp³-hybridized carbons (Fsp3) is 0.667. The summed E-state index contributed by atoms with van der Waals surface area (Å²) in [5.74, 6) is -1.85. The summed E-state index contributed by atoms with van der Waals surface area (Å²) in [5, 5.41) is 21.6. The van der Waals surface area contributed by atoms with Gasteiger partial charge in [-0.3, -0.25) is 9.59 Å². The Labute approximate surface area is 69.6 Å². The standard InChI is InChI=1S/C6H12N2O4/c9-5(10)3-7-1-2-8-4-6(11)12/h7-8H,1-4H2,(H,9,10)(H,11,12). The maximum atomic E-state index is 9.96. The van der Waals surface area contributed by atoms with E-state index in [-0.39, 0.29) is 13.1 Å². The molecular formula is C6H12N2O4. The first-order valence-corrected chi connectivity index (χ1v) is 3.48. The highest BCUT2D eigenvalue weighted by molar-refractivity contribution is 5.69. The van der Waals surface area contributed by atoms with E-state index in [9.17, 15) is 9.59 Å². The lowest BCUT2D eigenvalue weighted by atomic mass is 10.5. The molecule has 70 valence electrons. The van der Waals surface area contributed by atoms with Crippen LogP contribution < -0.4 is 10.6 Å². The van der Waals surface area contributed by atoms with Gasteiger partial charge in [0.05, 0.1) is 13.1 Å². The van der Waals surface area contributed by atoms with Crippen molar-refractivity contribution in [3.8, 4) is 0 Å². The Morgan fingerprint density at radius 2 is 1.25 bits per heavy atom. The topological polar surface area (TPSA) is 98.7 Å². The molecule has 0 amide bonds. The van der Waals surface area contributed by atoms with Crippen LogP contribution in [0.5, 0.6) is 0 Å². The van der Waals surface area contributed by atoms with E-state index in [0.29, 0.717) is 13.1 Å². The van der Waals surface area contributed by atoms with Crippen molar-refractivity contribution in [1.29, 1.82) is 0 Å². The molecule has 6 heteroatoms. The van der Waals surface area contributed by atoms with Crippen LogP contribution in [0.25, 0.3) is 0 Å². The Morgan fingerprint density at radius 3 is 1.50 bits per heavy atom. The largest absolute Gasteiger partial charge is 0.480 e. The quantitative estimate of drug-likeness (QED) is 0.346. The van der Waals surface area contributed by atoms with Gasteiger partial charge >= 0.3 is 11.9 Å². The van der Waals surface area contributed by atoms with E-state index in [2.05, 4.69) is 10.6 Å². The summed E-state index contributed by atoms with van der Waals surface area (Å²) in [7, 11) is 0. The lowest BCUT2D eigenvalue weighted by Crippen LogP contribution is -2.33. The molecule has 0 unspecified atom stereocenters. The normalized spacial score (nSPS) is 9.67. The fourth-order valence-electron chi connectivity index (χ4n) is 0.567. The zero-order chi connectivity index (χ0) is 9.40. The van der Waals surface area contributed by atoms with Crippen LogP contribution in [0, 0.1) is 0 Å². The molecule has 0 saturated carbocycles. The van der Waals surface area contributed by atoms with Gasteiger partial charge in [0.1, 0.15) is 0 Å². The third-order valence-corrected chi connectivity index (χ3v) is 1.03. The summed E-state index contributed by atoms with van der Waals surface area (Å²) in [6.45, 7) is 0.683. The maximum absolute atomic E-state index is 9.96. The van der Waals surface area contributed by atoms with Gasteiger partial charge in [-0.15, -0.1) is 0 Å². The van der Waals surface area contributed by atoms with E-state index < -0.39 is 11.9 Å². The van der Waals surface area contributed by atoms with Gasteiger partial charge in [-0.05, 0) is 0 Å². The van der Waals surface area contributed by atoms with Crippen molar-refractivity contribution in [2.75, 3.05) is 26.2 Å². The minimum Gasteiger partial charge on any atom is -0.480 e. The molecule has 12 heavy (non-hydrogen) atoms. The summed E-state index contributed by atoms with van der Waals surface area (Å²) in [4.78, 5) is 19.9. The Morgan fingerprint density at radius 1 is 0.917 bits per heavy atom. The monoisotopic (exact) mass is 176 g/mol. The molecule has 0 radical (unpaired) electrons. The van der Waals surface area contributed by atoms with Crippen molar-refractivity contribution in [2.45, 2.75) is 0 Å². The molecule has 0 atom stereocenters. The highest BCUT2D eigenvalue weighted by Crippen LogP contribution is 1.63. The van der Waals surface area contributed by atoms with Crippen molar-refractivity contribution >= 4 is 11.9 Å². The molecule has 0 aromatic rings. The number of hydrogen-bond donors (Lipinski definition) is 4. The lowest BCUT2D eigenvalue weighted by molar-refractivity contribution is -0.137. The van der Waals surface area contributed by atoms with E-state index in [4.69, 9.17) is 10.2 Å². The van der Waals surface area contributed by atoms with Gasteiger partial charge in [-0.2, -0.15) is 0 Å². The average molecular weight is 176 g/mol. The summed E-state index contributed by atoms with van der Waals surface area (Å²) in [6.07, 6.45) is 0. The summed E-state index contributed by atoms with van der Waals surface area (Å²) >= 11 is 0. The van der Waals surface area contributed by atoms with E-state index >= 15 is 0 Å². The van der Waals surface area contributed by atoms with Gasteiger partial charge in [0.2, 0.25) is 0 Å². The van der Waals surface area contributed by atoms with Crippen molar-refractivity contribution in [1.82, 2.24) is 10.6 Å². The Hall–Kier alpha value is -1.14. The zero-order valence-corrected chi connectivity index (χ0v) is 6.54. The second-order valence-electron chi connectivity index (χ2n) is 2.14. The number of carboxylic acid groups (broad SMARTS) is 2. The smallest absolute Gasteiger partial charge is 0.317 e. The van der Waals surface area contributed by atoms with Crippen molar-refractivity contribution in [2.24, 2.45) is 0 Å². The molecule has 0 aromatic heterocycles. The molecule has 0 aromatic carbocycles. The molecule has 0 saturated heterocycles. The molecule has 0 aliphatic rings. The SMILES string of the molecule is O=C(O)CNCCNCC(=O)O. The minimum absolute atomic E-state index is 0.102. The van der Waals surface area contributed by atoms with Crippen LogP contribution >= 0.6 is 0 Å². The Kier molecular flexibility index (Phi) is 5.94. The lowest BCUT2D eigenvalue weighted by Gasteiger charge is -2.01. The van der Waals surface area contributed by atoms with Crippen LogP contribution in [-0.4, -0.2) is 48.3 Å². The molecule has 0 fully saturated rings. The van der Waals surface area contributed by atoms with Gasteiger partial charge in [0.25, 0.3) is 0 Å². The predicted octanol–water partition coefficient (Wildman–Crippen LogP) is -1.67. The van der Waals surface area contributed by atoms with Crippen molar-refractivity contribution in [3.05, 3.63) is 0 Å². The predicted molar refractivity (Wildman–Crippen MR) is 41.0 cm³/mol. The van der Waals surface area contributed by atoms with Crippen LogP contribution in [0.15, 0.2) is 0 Å². The van der Waals surface area contributed by atoms with Crippen LogP contribution in [-0.2, 0) is 9.59 Å². The van der Waals surface area contributed by atoms with Crippen LogP contribution in [0.2, 0.25) is 0 Å². The van der Waals surface area contributed by atoms with Gasteiger partial charge in [-0.1, -0.05) is 0 Å². The number of carboxylic acids is 2. The highest BCUT2D eigenvalue weighted by Gasteiger charge is 1.95. The molecular weight excluding hydrogens is 164 g/mol. The van der Waals surface area contributed by atoms with Crippen molar-refractivity contribution in [3.63, 3.8) is 0 Å². The molecule has 6 nitrogen and oxygen atoms in total. The second kappa shape index (κ2) is 6.56. The van der Waals surface area contributed by atoms with Crippen LogP contribution in [0.1, 0.15) is 0 Å². The average Bonchev–Trinajstić information content (AvgIpc) is 1.95. The van der Waals surface area contributed by atoms with Crippen LogP contribution in [0.4, 0.5) is 0 Å². The number of rotatable bonds is 7. The third-order valence-electron chi connectivity index (χ3n) is 1.03. The summed E-state index contributed by atoms with van der Waals surface area (Å²) in [5.41, 5.74) is 0. The van der Waals surface area contributed by atoms with Gasteiger partial charge in [0.15, 0.2) is 0 Å². The number of aliphatic carboxylic acids is 2. The fourth-order valence-corrected chi connectivity index (χ4v) is 0.567. The third kappa shape index (κ3) is 8.86. The first kappa shape index (κ1) is 10.9. The van der Waals surface area contributed by atoms with E-state index in [1.165, 1.54) is 0 Å². The Balaban J connectivity index is 3.01. The minimum atomic E-state index is -0.923. The first-order chi connectivity index (χ1) is 5.63. The zero-order valence-electron chi connectivity index (χ0n) is 6.54. The molecule has 0 spiro atoms. The molecule has 4 N–H and O–H groups in total. The van der Waals surface area contributed by atoms with Gasteiger partial charge in [-0.25, -0.2) is 0 Å². The molecule has 0 bridgehead atoms. The number of carbonyl (C=O) groups is 2. The van der Waals surface area contributed by atoms with E-state index in [1.54, 1.807) is 0 Å². The molecule has 0 aliphatic carbocycles. The van der Waals surface area contributed by atoms with Gasteiger partial charge in [0, 0.05) is 13.1 Å². The van der Waals surface area contributed by atoms with Gasteiger partial charge < -0.3 is 20.8 Å². The molecule has 0 rings (SSSR count). The maximum Gasteiger partial charge on any atom is 0.317 e. The summed E-state index contributed by atoms with van der Waals surface area (Å²) < 4.78 is 0.